The number of para-hydroxylation sites is 1. The molecule has 0 aliphatic carbocycles. The first-order valence-corrected chi connectivity index (χ1v) is 8.81. The van der Waals surface area contributed by atoms with E-state index < -0.39 is 0 Å². The molecule has 1 N–H and O–H groups in total. The third kappa shape index (κ3) is 3.85. The van der Waals surface area contributed by atoms with Crippen LogP contribution in [0, 0.1) is 5.92 Å². The van der Waals surface area contributed by atoms with Crippen LogP contribution in [-0.2, 0) is 17.6 Å². The van der Waals surface area contributed by atoms with E-state index in [1.807, 2.05) is 44.2 Å². The smallest absolute Gasteiger partial charge is 0.306 e. The van der Waals surface area contributed by atoms with Gasteiger partial charge in [0.05, 0.1) is 10.7 Å². The van der Waals surface area contributed by atoms with Crippen LogP contribution in [0.4, 0.5) is 16.2 Å². The minimum absolute atomic E-state index is 0.00612. The van der Waals surface area contributed by atoms with Crippen LogP contribution in [0.5, 0.6) is 0 Å². The molecule has 0 fully saturated rings. The van der Waals surface area contributed by atoms with Crippen molar-refractivity contribution in [2.45, 2.75) is 26.7 Å². The number of halogens is 1. The molecule has 0 spiro atoms. The molecular formula is C20H21ClN2O2. The number of nitrogens with one attached hydrogen (secondary N) is 1. The van der Waals surface area contributed by atoms with Gasteiger partial charge in [0.15, 0.2) is 0 Å². The van der Waals surface area contributed by atoms with Gasteiger partial charge < -0.3 is 5.32 Å². The SMILES string of the molecule is CC(C)C(=O)Cc1ccc(NC(=O)N2CCc3ccccc32)c(Cl)c1. The topological polar surface area (TPSA) is 49.4 Å². The highest BCUT2D eigenvalue weighted by Crippen LogP contribution is 2.29. The average molecular weight is 357 g/mol. The van der Waals surface area contributed by atoms with E-state index in [0.717, 1.165) is 17.7 Å². The number of ketones is 1. The predicted molar refractivity (Wildman–Crippen MR) is 102 cm³/mol. The Labute approximate surface area is 152 Å². The number of hydrogen-bond acceptors (Lipinski definition) is 2. The lowest BCUT2D eigenvalue weighted by atomic mass is 10.0. The Bertz CT molecular complexity index is 817. The Morgan fingerprint density at radius 3 is 2.68 bits per heavy atom. The minimum Gasteiger partial charge on any atom is -0.306 e. The average Bonchev–Trinajstić information content (AvgIpc) is 3.01. The third-order valence-electron chi connectivity index (χ3n) is 4.43. The molecule has 0 saturated heterocycles. The van der Waals surface area contributed by atoms with Crippen LogP contribution in [0.3, 0.4) is 0 Å². The Kier molecular flexibility index (Phi) is 5.09. The van der Waals surface area contributed by atoms with Crippen LogP contribution in [0.1, 0.15) is 25.0 Å². The molecule has 130 valence electrons. The lowest BCUT2D eigenvalue weighted by Crippen LogP contribution is -2.33. The van der Waals surface area contributed by atoms with E-state index in [0.29, 0.717) is 23.7 Å². The summed E-state index contributed by atoms with van der Waals surface area (Å²) in [6, 6.07) is 13.0. The molecule has 2 aromatic carbocycles. The van der Waals surface area contributed by atoms with Gasteiger partial charge in [0.1, 0.15) is 5.78 Å². The van der Waals surface area contributed by atoms with Gasteiger partial charge in [0.2, 0.25) is 0 Å². The predicted octanol–water partition coefficient (Wildman–Crippen LogP) is 4.70. The summed E-state index contributed by atoms with van der Waals surface area (Å²) in [5.41, 5.74) is 3.52. The molecule has 1 heterocycles. The number of rotatable bonds is 4. The standard InChI is InChI=1S/C20H21ClN2O2/c1-13(2)19(24)12-14-7-8-17(16(21)11-14)22-20(25)23-10-9-15-5-3-4-6-18(15)23/h3-8,11,13H,9-10,12H2,1-2H3,(H,22,25). The molecular weight excluding hydrogens is 336 g/mol. The number of carbonyl (C=O) groups excluding carboxylic acids is 2. The van der Waals surface area contributed by atoms with E-state index in [4.69, 9.17) is 11.6 Å². The maximum absolute atomic E-state index is 12.6. The van der Waals surface area contributed by atoms with Crippen LogP contribution in [0.15, 0.2) is 42.5 Å². The van der Waals surface area contributed by atoms with Gasteiger partial charge in [-0.05, 0) is 35.7 Å². The third-order valence-corrected chi connectivity index (χ3v) is 4.74. The van der Waals surface area contributed by atoms with Crippen molar-refractivity contribution in [2.24, 2.45) is 5.92 Å². The summed E-state index contributed by atoms with van der Waals surface area (Å²) >= 11 is 6.30. The molecule has 0 radical (unpaired) electrons. The molecule has 25 heavy (non-hydrogen) atoms. The molecule has 1 aliphatic rings. The number of carbonyl (C=O) groups is 2. The number of hydrogen-bond donors (Lipinski definition) is 1. The Morgan fingerprint density at radius 1 is 1.20 bits per heavy atom. The number of nitrogens with zero attached hydrogens (tertiary/aromatic N) is 1. The van der Waals surface area contributed by atoms with Crippen molar-refractivity contribution >= 4 is 34.8 Å². The summed E-state index contributed by atoms with van der Waals surface area (Å²) in [5.74, 6) is 0.162. The molecule has 0 atom stereocenters. The number of Topliss-reactive ketones (excluding diaryl/α,β-unsaturated/α-hetero) is 1. The first kappa shape index (κ1) is 17.5. The first-order chi connectivity index (χ1) is 12.0. The van der Waals surface area contributed by atoms with Gasteiger partial charge in [-0.15, -0.1) is 0 Å². The van der Waals surface area contributed by atoms with Crippen molar-refractivity contribution < 1.29 is 9.59 Å². The number of benzene rings is 2. The van der Waals surface area contributed by atoms with E-state index in [-0.39, 0.29) is 17.7 Å². The molecule has 5 heteroatoms. The lowest BCUT2D eigenvalue weighted by molar-refractivity contribution is -0.121. The fourth-order valence-corrected chi connectivity index (χ4v) is 3.16. The summed E-state index contributed by atoms with van der Waals surface area (Å²) < 4.78 is 0. The maximum Gasteiger partial charge on any atom is 0.326 e. The molecule has 2 amide bonds. The molecule has 0 aromatic heterocycles. The van der Waals surface area contributed by atoms with Gasteiger partial charge in [-0.1, -0.05) is 49.7 Å². The van der Waals surface area contributed by atoms with Gasteiger partial charge in [-0.25, -0.2) is 4.79 Å². The minimum atomic E-state index is -0.196. The van der Waals surface area contributed by atoms with Crippen LogP contribution >= 0.6 is 11.6 Å². The highest BCUT2D eigenvalue weighted by Gasteiger charge is 2.24. The van der Waals surface area contributed by atoms with Crippen molar-refractivity contribution in [3.05, 3.63) is 58.6 Å². The number of fused-ring (bicyclic) bond motifs is 1. The van der Waals surface area contributed by atoms with Crippen molar-refractivity contribution in [1.29, 1.82) is 0 Å². The van der Waals surface area contributed by atoms with Crippen LogP contribution in [0.25, 0.3) is 0 Å². The molecule has 0 bridgehead atoms. The largest absolute Gasteiger partial charge is 0.326 e. The molecule has 3 rings (SSSR count). The van der Waals surface area contributed by atoms with E-state index in [1.165, 1.54) is 5.56 Å². The zero-order valence-electron chi connectivity index (χ0n) is 14.4. The lowest BCUT2D eigenvalue weighted by Gasteiger charge is -2.19. The fourth-order valence-electron chi connectivity index (χ4n) is 2.91. The monoisotopic (exact) mass is 356 g/mol. The normalized spacial score (nSPS) is 13.0. The summed E-state index contributed by atoms with van der Waals surface area (Å²) in [7, 11) is 0. The van der Waals surface area contributed by atoms with Crippen LogP contribution < -0.4 is 10.2 Å². The van der Waals surface area contributed by atoms with Gasteiger partial charge in [0, 0.05) is 24.6 Å². The van der Waals surface area contributed by atoms with E-state index >= 15 is 0 Å². The van der Waals surface area contributed by atoms with Crippen molar-refractivity contribution in [3.63, 3.8) is 0 Å². The Balaban J connectivity index is 1.71. The van der Waals surface area contributed by atoms with E-state index in [1.54, 1.807) is 17.0 Å². The molecule has 2 aromatic rings. The summed E-state index contributed by atoms with van der Waals surface area (Å²) in [6.45, 7) is 4.42. The molecule has 0 unspecified atom stereocenters. The fraction of sp³-hybridized carbons (Fsp3) is 0.300. The van der Waals surface area contributed by atoms with Crippen LogP contribution in [-0.4, -0.2) is 18.4 Å². The second-order valence-corrected chi connectivity index (χ2v) is 6.98. The quantitative estimate of drug-likeness (QED) is 0.863. The second kappa shape index (κ2) is 7.28. The molecule has 4 nitrogen and oxygen atoms in total. The van der Waals surface area contributed by atoms with Gasteiger partial charge in [-0.2, -0.15) is 0 Å². The summed E-state index contributed by atoms with van der Waals surface area (Å²) in [5, 5.41) is 3.31. The number of amides is 2. The highest BCUT2D eigenvalue weighted by atomic mass is 35.5. The van der Waals surface area contributed by atoms with Crippen molar-refractivity contribution in [3.8, 4) is 0 Å². The van der Waals surface area contributed by atoms with Crippen molar-refractivity contribution in [1.82, 2.24) is 0 Å². The zero-order valence-corrected chi connectivity index (χ0v) is 15.1. The summed E-state index contributed by atoms with van der Waals surface area (Å²) in [6.07, 6.45) is 1.21. The maximum atomic E-state index is 12.6. The van der Waals surface area contributed by atoms with Crippen molar-refractivity contribution in [2.75, 3.05) is 16.8 Å². The Morgan fingerprint density at radius 2 is 1.96 bits per heavy atom. The van der Waals surface area contributed by atoms with Gasteiger partial charge >= 0.3 is 6.03 Å². The van der Waals surface area contributed by atoms with Gasteiger partial charge in [0.25, 0.3) is 0 Å². The van der Waals surface area contributed by atoms with E-state index in [2.05, 4.69) is 5.32 Å². The highest BCUT2D eigenvalue weighted by molar-refractivity contribution is 6.34. The van der Waals surface area contributed by atoms with E-state index in [9.17, 15) is 9.59 Å². The number of anilines is 2. The van der Waals surface area contributed by atoms with Gasteiger partial charge in [-0.3, -0.25) is 9.69 Å². The first-order valence-electron chi connectivity index (χ1n) is 8.43. The summed E-state index contributed by atoms with van der Waals surface area (Å²) in [4.78, 5) is 26.2. The number of urea groups is 1. The van der Waals surface area contributed by atoms with Crippen LogP contribution in [0.2, 0.25) is 5.02 Å². The zero-order chi connectivity index (χ0) is 18.0. The second-order valence-electron chi connectivity index (χ2n) is 6.57. The molecule has 1 aliphatic heterocycles. The molecule has 0 saturated carbocycles. The Hall–Kier alpha value is -2.33.